The van der Waals surface area contributed by atoms with Gasteiger partial charge in [0.25, 0.3) is 0 Å². The van der Waals surface area contributed by atoms with E-state index < -0.39 is 0 Å². The van der Waals surface area contributed by atoms with Crippen LogP contribution in [0.1, 0.15) is 30.7 Å². The standard InChI is InChI=1S/C21H23NO4/c23-21(7-4-12-24-18-5-2-1-3-6-18)22-11-10-17(14-22)16-8-9-19-20(13-16)26-15-25-19/h1-3,5-6,8-9,13,17H,4,7,10-12,14-15H2. The van der Waals surface area contributed by atoms with E-state index in [0.717, 1.165) is 43.2 Å². The fraction of sp³-hybridized carbons (Fsp3) is 0.381. The third-order valence-electron chi connectivity index (χ3n) is 4.96. The van der Waals surface area contributed by atoms with Crippen LogP contribution in [0.15, 0.2) is 48.5 Å². The van der Waals surface area contributed by atoms with Crippen LogP contribution in [0.4, 0.5) is 0 Å². The second kappa shape index (κ2) is 7.68. The predicted octanol–water partition coefficient (Wildman–Crippen LogP) is 3.59. The normalized spacial score (nSPS) is 18.2. The zero-order valence-electron chi connectivity index (χ0n) is 14.7. The highest BCUT2D eigenvalue weighted by Gasteiger charge is 2.28. The van der Waals surface area contributed by atoms with Crippen molar-refractivity contribution in [1.29, 1.82) is 0 Å². The maximum Gasteiger partial charge on any atom is 0.231 e. The van der Waals surface area contributed by atoms with E-state index >= 15 is 0 Å². The number of carbonyl (C=O) groups excluding carboxylic acids is 1. The minimum atomic E-state index is 0.213. The average molecular weight is 353 g/mol. The molecular weight excluding hydrogens is 330 g/mol. The molecule has 0 bridgehead atoms. The Morgan fingerprint density at radius 2 is 1.96 bits per heavy atom. The van der Waals surface area contributed by atoms with E-state index in [0.29, 0.717) is 25.7 Å². The van der Waals surface area contributed by atoms with Crippen LogP contribution in [0.25, 0.3) is 0 Å². The van der Waals surface area contributed by atoms with Gasteiger partial charge in [-0.05, 0) is 42.7 Å². The van der Waals surface area contributed by atoms with Gasteiger partial charge in [0.05, 0.1) is 6.61 Å². The first-order valence-electron chi connectivity index (χ1n) is 9.15. The van der Waals surface area contributed by atoms with Gasteiger partial charge in [-0.15, -0.1) is 0 Å². The Kier molecular flexibility index (Phi) is 4.95. The molecule has 0 N–H and O–H groups in total. The van der Waals surface area contributed by atoms with Crippen LogP contribution in [0.5, 0.6) is 17.2 Å². The molecule has 0 aliphatic carbocycles. The monoisotopic (exact) mass is 353 g/mol. The third-order valence-corrected chi connectivity index (χ3v) is 4.96. The molecule has 0 spiro atoms. The minimum absolute atomic E-state index is 0.213. The van der Waals surface area contributed by atoms with E-state index in [2.05, 4.69) is 12.1 Å². The molecule has 2 heterocycles. The zero-order valence-corrected chi connectivity index (χ0v) is 14.7. The number of fused-ring (bicyclic) bond motifs is 1. The molecule has 2 aromatic carbocycles. The maximum absolute atomic E-state index is 12.4. The van der Waals surface area contributed by atoms with E-state index in [1.807, 2.05) is 41.3 Å². The van der Waals surface area contributed by atoms with Crippen molar-refractivity contribution in [3.8, 4) is 17.2 Å². The van der Waals surface area contributed by atoms with Gasteiger partial charge in [-0.3, -0.25) is 4.79 Å². The van der Waals surface area contributed by atoms with Crippen molar-refractivity contribution in [2.24, 2.45) is 0 Å². The maximum atomic E-state index is 12.4. The molecule has 4 rings (SSSR count). The van der Waals surface area contributed by atoms with Crippen molar-refractivity contribution in [1.82, 2.24) is 4.90 Å². The van der Waals surface area contributed by atoms with Gasteiger partial charge in [-0.25, -0.2) is 0 Å². The fourth-order valence-electron chi connectivity index (χ4n) is 3.51. The van der Waals surface area contributed by atoms with Crippen LogP contribution in [0.3, 0.4) is 0 Å². The molecule has 2 aliphatic rings. The Balaban J connectivity index is 1.24. The van der Waals surface area contributed by atoms with Gasteiger partial charge in [0, 0.05) is 25.4 Å². The SMILES string of the molecule is O=C(CCCOc1ccccc1)N1CCC(c2ccc3c(c2)OCO3)C1. The van der Waals surface area contributed by atoms with Gasteiger partial charge in [0.1, 0.15) is 5.75 Å². The van der Waals surface area contributed by atoms with Crippen LogP contribution in [-0.4, -0.2) is 37.3 Å². The molecule has 136 valence electrons. The molecule has 1 unspecified atom stereocenters. The predicted molar refractivity (Wildman–Crippen MR) is 97.7 cm³/mol. The van der Waals surface area contributed by atoms with Crippen molar-refractivity contribution in [2.75, 3.05) is 26.5 Å². The largest absolute Gasteiger partial charge is 0.494 e. The summed E-state index contributed by atoms with van der Waals surface area (Å²) in [7, 11) is 0. The molecule has 0 radical (unpaired) electrons. The van der Waals surface area contributed by atoms with E-state index in [1.165, 1.54) is 5.56 Å². The van der Waals surface area contributed by atoms with Gasteiger partial charge < -0.3 is 19.1 Å². The number of para-hydroxylation sites is 1. The first kappa shape index (κ1) is 16.8. The van der Waals surface area contributed by atoms with E-state index in [1.54, 1.807) is 0 Å². The molecule has 0 aromatic heterocycles. The Morgan fingerprint density at radius 1 is 1.12 bits per heavy atom. The molecule has 1 saturated heterocycles. The number of nitrogens with zero attached hydrogens (tertiary/aromatic N) is 1. The lowest BCUT2D eigenvalue weighted by Gasteiger charge is -2.17. The lowest BCUT2D eigenvalue weighted by Crippen LogP contribution is -2.28. The average Bonchev–Trinajstić information content (AvgIpc) is 3.34. The van der Waals surface area contributed by atoms with Crippen LogP contribution in [0.2, 0.25) is 0 Å². The number of amides is 1. The molecule has 5 nitrogen and oxygen atoms in total. The number of rotatable bonds is 6. The highest BCUT2D eigenvalue weighted by Crippen LogP contribution is 2.37. The van der Waals surface area contributed by atoms with Gasteiger partial charge in [0.2, 0.25) is 12.7 Å². The number of ether oxygens (including phenoxy) is 3. The summed E-state index contributed by atoms with van der Waals surface area (Å²) in [4.78, 5) is 14.4. The summed E-state index contributed by atoms with van der Waals surface area (Å²) in [5, 5.41) is 0. The van der Waals surface area contributed by atoms with Gasteiger partial charge >= 0.3 is 0 Å². The summed E-state index contributed by atoms with van der Waals surface area (Å²) in [5.41, 5.74) is 1.22. The number of hydrogen-bond donors (Lipinski definition) is 0. The summed E-state index contributed by atoms with van der Waals surface area (Å²) in [6.07, 6.45) is 2.26. The molecule has 26 heavy (non-hydrogen) atoms. The zero-order chi connectivity index (χ0) is 17.8. The van der Waals surface area contributed by atoms with Gasteiger partial charge in [-0.2, -0.15) is 0 Å². The van der Waals surface area contributed by atoms with Crippen LogP contribution < -0.4 is 14.2 Å². The molecule has 1 fully saturated rings. The highest BCUT2D eigenvalue weighted by molar-refractivity contribution is 5.76. The molecule has 1 amide bonds. The molecule has 0 saturated carbocycles. The topological polar surface area (TPSA) is 48.0 Å². The summed E-state index contributed by atoms with van der Waals surface area (Å²) in [5.74, 6) is 3.05. The number of benzene rings is 2. The minimum Gasteiger partial charge on any atom is -0.494 e. The molecule has 2 aromatic rings. The molecule has 5 heteroatoms. The third kappa shape index (κ3) is 3.77. The quantitative estimate of drug-likeness (QED) is 0.745. The number of hydrogen-bond acceptors (Lipinski definition) is 4. The molecule has 1 atom stereocenters. The van der Waals surface area contributed by atoms with Gasteiger partial charge in [-0.1, -0.05) is 24.3 Å². The Hall–Kier alpha value is -2.69. The summed E-state index contributed by atoms with van der Waals surface area (Å²) < 4.78 is 16.5. The molecular formula is C21H23NO4. The fourth-order valence-corrected chi connectivity index (χ4v) is 3.51. The Bertz CT molecular complexity index is 762. The van der Waals surface area contributed by atoms with Crippen LogP contribution in [-0.2, 0) is 4.79 Å². The lowest BCUT2D eigenvalue weighted by atomic mass is 9.98. The lowest BCUT2D eigenvalue weighted by molar-refractivity contribution is -0.130. The first-order valence-corrected chi connectivity index (χ1v) is 9.15. The number of likely N-dealkylation sites (tertiary alicyclic amines) is 1. The van der Waals surface area contributed by atoms with Crippen molar-refractivity contribution in [3.05, 3.63) is 54.1 Å². The van der Waals surface area contributed by atoms with Crippen LogP contribution in [0, 0.1) is 0 Å². The highest BCUT2D eigenvalue weighted by atomic mass is 16.7. The smallest absolute Gasteiger partial charge is 0.231 e. The summed E-state index contributed by atoms with van der Waals surface area (Å²) >= 11 is 0. The summed E-state index contributed by atoms with van der Waals surface area (Å²) in [6.45, 7) is 2.45. The van der Waals surface area contributed by atoms with E-state index in [-0.39, 0.29) is 5.91 Å². The van der Waals surface area contributed by atoms with E-state index in [4.69, 9.17) is 14.2 Å². The van der Waals surface area contributed by atoms with Gasteiger partial charge in [0.15, 0.2) is 11.5 Å². The Labute approximate surface area is 153 Å². The number of carbonyl (C=O) groups is 1. The van der Waals surface area contributed by atoms with E-state index in [9.17, 15) is 4.79 Å². The first-order chi connectivity index (χ1) is 12.8. The summed E-state index contributed by atoms with van der Waals surface area (Å²) in [6, 6.07) is 15.8. The van der Waals surface area contributed by atoms with Crippen molar-refractivity contribution < 1.29 is 19.0 Å². The van der Waals surface area contributed by atoms with Crippen molar-refractivity contribution in [2.45, 2.75) is 25.2 Å². The van der Waals surface area contributed by atoms with Crippen molar-refractivity contribution >= 4 is 5.91 Å². The second-order valence-electron chi connectivity index (χ2n) is 6.70. The Morgan fingerprint density at radius 3 is 2.85 bits per heavy atom. The van der Waals surface area contributed by atoms with Crippen LogP contribution >= 0.6 is 0 Å². The van der Waals surface area contributed by atoms with Crippen molar-refractivity contribution in [3.63, 3.8) is 0 Å². The molecule has 2 aliphatic heterocycles. The second-order valence-corrected chi connectivity index (χ2v) is 6.70.